The minimum Gasteiger partial charge on any atom is -0.497 e. The van der Waals surface area contributed by atoms with Crippen molar-refractivity contribution in [1.82, 2.24) is 15.0 Å². The summed E-state index contributed by atoms with van der Waals surface area (Å²) in [6.45, 7) is 6.05. The Morgan fingerprint density at radius 3 is 2.65 bits per heavy atom. The van der Waals surface area contributed by atoms with E-state index in [-0.39, 0.29) is 5.91 Å². The first-order valence-electron chi connectivity index (χ1n) is 8.47. The fraction of sp³-hybridized carbons (Fsp3) is 0.250. The number of benzene rings is 2. The third kappa shape index (κ3) is 3.59. The summed E-state index contributed by atoms with van der Waals surface area (Å²) in [5, 5.41) is 11.1. The second-order valence-electron chi connectivity index (χ2n) is 6.37. The number of rotatable bonds is 5. The van der Waals surface area contributed by atoms with Gasteiger partial charge in [-0.3, -0.25) is 4.79 Å². The number of carbonyl (C=O) groups is 1. The molecule has 2 aromatic carbocycles. The molecule has 1 heterocycles. The van der Waals surface area contributed by atoms with E-state index in [9.17, 15) is 4.79 Å². The Bertz CT molecular complexity index is 931. The molecule has 0 saturated heterocycles. The highest BCUT2D eigenvalue weighted by Gasteiger charge is 2.18. The smallest absolute Gasteiger partial charge is 0.278 e. The van der Waals surface area contributed by atoms with Crippen molar-refractivity contribution in [3.05, 3.63) is 65.5 Å². The van der Waals surface area contributed by atoms with E-state index in [1.807, 2.05) is 55.5 Å². The van der Waals surface area contributed by atoms with Gasteiger partial charge in [0.15, 0.2) is 5.69 Å². The fourth-order valence-corrected chi connectivity index (χ4v) is 2.69. The SMILES string of the molecule is COc1cccc(-n2nnc(C(=O)Nc3cccc(C(C)C)c3)c2C)c1. The van der Waals surface area contributed by atoms with Gasteiger partial charge in [-0.2, -0.15) is 0 Å². The number of aromatic nitrogens is 3. The molecule has 134 valence electrons. The van der Waals surface area contributed by atoms with E-state index < -0.39 is 0 Å². The first-order chi connectivity index (χ1) is 12.5. The van der Waals surface area contributed by atoms with Crippen molar-refractivity contribution in [3.8, 4) is 11.4 Å². The molecule has 0 atom stereocenters. The number of anilines is 1. The number of hydrogen-bond acceptors (Lipinski definition) is 4. The quantitative estimate of drug-likeness (QED) is 0.756. The monoisotopic (exact) mass is 350 g/mol. The standard InChI is InChI=1S/C20H22N4O2/c1-13(2)15-7-5-8-16(11-15)21-20(25)19-14(3)24(23-22-19)17-9-6-10-18(12-17)26-4/h5-13H,1-4H3,(H,21,25). The summed E-state index contributed by atoms with van der Waals surface area (Å²) in [6.07, 6.45) is 0. The van der Waals surface area contributed by atoms with Crippen molar-refractivity contribution >= 4 is 11.6 Å². The van der Waals surface area contributed by atoms with Gasteiger partial charge in [0, 0.05) is 11.8 Å². The van der Waals surface area contributed by atoms with E-state index in [0.717, 1.165) is 11.4 Å². The van der Waals surface area contributed by atoms with Crippen molar-refractivity contribution in [1.29, 1.82) is 0 Å². The lowest BCUT2D eigenvalue weighted by molar-refractivity contribution is 0.102. The predicted octanol–water partition coefficient (Wildman–Crippen LogP) is 3.96. The maximum Gasteiger partial charge on any atom is 0.278 e. The average Bonchev–Trinajstić information content (AvgIpc) is 3.03. The van der Waals surface area contributed by atoms with Crippen LogP contribution in [-0.2, 0) is 0 Å². The van der Waals surface area contributed by atoms with Crippen LogP contribution in [0.5, 0.6) is 5.75 Å². The minimum atomic E-state index is -0.280. The molecule has 0 spiro atoms. The van der Waals surface area contributed by atoms with Gasteiger partial charge < -0.3 is 10.1 Å². The van der Waals surface area contributed by atoms with Crippen LogP contribution in [0.3, 0.4) is 0 Å². The molecule has 0 unspecified atom stereocenters. The number of amides is 1. The average molecular weight is 350 g/mol. The molecule has 1 N–H and O–H groups in total. The topological polar surface area (TPSA) is 69.0 Å². The fourth-order valence-electron chi connectivity index (χ4n) is 2.69. The first-order valence-corrected chi connectivity index (χ1v) is 8.47. The van der Waals surface area contributed by atoms with Gasteiger partial charge in [0.25, 0.3) is 5.91 Å². The van der Waals surface area contributed by atoms with Crippen LogP contribution in [0.15, 0.2) is 48.5 Å². The molecule has 0 fully saturated rings. The molecular weight excluding hydrogens is 328 g/mol. The van der Waals surface area contributed by atoms with Crippen LogP contribution in [0.1, 0.15) is 41.5 Å². The number of carbonyl (C=O) groups excluding carboxylic acids is 1. The summed E-state index contributed by atoms with van der Waals surface area (Å²) < 4.78 is 6.87. The van der Waals surface area contributed by atoms with Gasteiger partial charge in [0.05, 0.1) is 18.5 Å². The van der Waals surface area contributed by atoms with Gasteiger partial charge in [0.1, 0.15) is 5.75 Å². The van der Waals surface area contributed by atoms with Crippen LogP contribution in [0.2, 0.25) is 0 Å². The third-order valence-electron chi connectivity index (χ3n) is 4.22. The Morgan fingerprint density at radius 2 is 1.92 bits per heavy atom. The van der Waals surface area contributed by atoms with Crippen LogP contribution in [0.4, 0.5) is 5.69 Å². The Kier molecular flexibility index (Phi) is 5.02. The van der Waals surface area contributed by atoms with Gasteiger partial charge in [-0.05, 0) is 42.7 Å². The molecule has 0 aliphatic rings. The van der Waals surface area contributed by atoms with Gasteiger partial charge >= 0.3 is 0 Å². The molecular formula is C20H22N4O2. The summed E-state index contributed by atoms with van der Waals surface area (Å²) in [5.74, 6) is 0.828. The lowest BCUT2D eigenvalue weighted by Gasteiger charge is -2.09. The molecule has 26 heavy (non-hydrogen) atoms. The summed E-state index contributed by atoms with van der Waals surface area (Å²) in [7, 11) is 1.61. The van der Waals surface area contributed by atoms with Crippen molar-refractivity contribution in [2.75, 3.05) is 12.4 Å². The van der Waals surface area contributed by atoms with Gasteiger partial charge in [0.2, 0.25) is 0 Å². The Balaban J connectivity index is 1.85. The number of hydrogen-bond donors (Lipinski definition) is 1. The van der Waals surface area contributed by atoms with Crippen molar-refractivity contribution in [2.24, 2.45) is 0 Å². The van der Waals surface area contributed by atoms with E-state index in [0.29, 0.717) is 23.1 Å². The Morgan fingerprint density at radius 1 is 1.15 bits per heavy atom. The van der Waals surface area contributed by atoms with Crippen LogP contribution >= 0.6 is 0 Å². The number of nitrogens with one attached hydrogen (secondary N) is 1. The van der Waals surface area contributed by atoms with E-state index in [1.165, 1.54) is 5.56 Å². The largest absolute Gasteiger partial charge is 0.497 e. The maximum absolute atomic E-state index is 12.6. The van der Waals surface area contributed by atoms with Crippen molar-refractivity contribution < 1.29 is 9.53 Å². The number of methoxy groups -OCH3 is 1. The van der Waals surface area contributed by atoms with Crippen molar-refractivity contribution in [2.45, 2.75) is 26.7 Å². The summed E-state index contributed by atoms with van der Waals surface area (Å²) in [5.41, 5.74) is 3.66. The highest BCUT2D eigenvalue weighted by Crippen LogP contribution is 2.21. The molecule has 6 nitrogen and oxygen atoms in total. The number of ether oxygens (including phenoxy) is 1. The molecule has 6 heteroatoms. The normalized spacial score (nSPS) is 10.8. The zero-order chi connectivity index (χ0) is 18.7. The molecule has 0 radical (unpaired) electrons. The highest BCUT2D eigenvalue weighted by molar-refractivity contribution is 6.03. The molecule has 3 rings (SSSR count). The van der Waals surface area contributed by atoms with E-state index >= 15 is 0 Å². The Labute approximate surface area is 152 Å². The zero-order valence-electron chi connectivity index (χ0n) is 15.4. The van der Waals surface area contributed by atoms with E-state index in [1.54, 1.807) is 11.8 Å². The maximum atomic E-state index is 12.6. The van der Waals surface area contributed by atoms with Crippen molar-refractivity contribution in [3.63, 3.8) is 0 Å². The van der Waals surface area contributed by atoms with Gasteiger partial charge in [-0.1, -0.05) is 37.3 Å². The lowest BCUT2D eigenvalue weighted by Crippen LogP contribution is -2.14. The second kappa shape index (κ2) is 7.39. The zero-order valence-corrected chi connectivity index (χ0v) is 15.4. The van der Waals surface area contributed by atoms with Gasteiger partial charge in [-0.25, -0.2) is 4.68 Å². The lowest BCUT2D eigenvalue weighted by atomic mass is 10.0. The molecule has 0 aliphatic carbocycles. The molecule has 1 aromatic heterocycles. The summed E-state index contributed by atoms with van der Waals surface area (Å²) >= 11 is 0. The van der Waals surface area contributed by atoms with Crippen LogP contribution in [0.25, 0.3) is 5.69 Å². The van der Waals surface area contributed by atoms with Gasteiger partial charge in [-0.15, -0.1) is 5.10 Å². The molecule has 0 aliphatic heterocycles. The van der Waals surface area contributed by atoms with Crippen LogP contribution in [-0.4, -0.2) is 28.0 Å². The van der Waals surface area contributed by atoms with E-state index in [4.69, 9.17) is 4.74 Å². The summed E-state index contributed by atoms with van der Waals surface area (Å²) in [4.78, 5) is 12.6. The molecule has 3 aromatic rings. The highest BCUT2D eigenvalue weighted by atomic mass is 16.5. The second-order valence-corrected chi connectivity index (χ2v) is 6.37. The third-order valence-corrected chi connectivity index (χ3v) is 4.22. The van der Waals surface area contributed by atoms with Crippen LogP contribution < -0.4 is 10.1 Å². The molecule has 0 bridgehead atoms. The Hall–Kier alpha value is -3.15. The molecule has 0 saturated carbocycles. The summed E-state index contributed by atoms with van der Waals surface area (Å²) in [6, 6.07) is 15.3. The molecule has 1 amide bonds. The minimum absolute atomic E-state index is 0.280. The van der Waals surface area contributed by atoms with Crippen LogP contribution in [0, 0.1) is 6.92 Å². The van der Waals surface area contributed by atoms with E-state index in [2.05, 4.69) is 29.5 Å². The predicted molar refractivity (Wildman–Crippen MR) is 101 cm³/mol. The first kappa shape index (κ1) is 17.7. The number of nitrogens with zero attached hydrogens (tertiary/aromatic N) is 3.